The highest BCUT2D eigenvalue weighted by Gasteiger charge is 2.23. The van der Waals surface area contributed by atoms with Gasteiger partial charge in [-0.1, -0.05) is 17.7 Å². The Hall–Kier alpha value is -1.48. The monoisotopic (exact) mass is 530 g/mol. The zero-order valence-corrected chi connectivity index (χ0v) is 20.8. The summed E-state index contributed by atoms with van der Waals surface area (Å²) >= 11 is 6.14. The highest BCUT2D eigenvalue weighted by atomic mass is 127. The summed E-state index contributed by atoms with van der Waals surface area (Å²) in [6.07, 6.45) is 1.99. The van der Waals surface area contributed by atoms with Crippen LogP contribution in [0.2, 0.25) is 5.02 Å². The predicted molar refractivity (Wildman–Crippen MR) is 133 cm³/mol. The largest absolute Gasteiger partial charge is 0.369 e. The normalized spacial score (nSPS) is 16.7. The summed E-state index contributed by atoms with van der Waals surface area (Å²) in [5.74, 6) is 0.889. The first-order valence-electron chi connectivity index (χ1n) is 10.0. The number of guanidine groups is 1. The second-order valence-corrected chi connectivity index (χ2v) is 7.78. The van der Waals surface area contributed by atoms with E-state index in [1.807, 2.05) is 29.9 Å². The van der Waals surface area contributed by atoms with E-state index in [1.54, 1.807) is 0 Å². The number of aryl methyl sites for hydroxylation is 2. The molecular formula is C21H32ClIN6. The van der Waals surface area contributed by atoms with Crippen molar-refractivity contribution in [3.63, 3.8) is 0 Å². The van der Waals surface area contributed by atoms with Gasteiger partial charge in [0, 0.05) is 55.7 Å². The van der Waals surface area contributed by atoms with Crippen molar-refractivity contribution < 1.29 is 0 Å². The lowest BCUT2D eigenvalue weighted by Crippen LogP contribution is -2.44. The Morgan fingerprint density at radius 1 is 1.34 bits per heavy atom. The average molecular weight is 531 g/mol. The fourth-order valence-corrected chi connectivity index (χ4v) is 3.94. The van der Waals surface area contributed by atoms with Crippen molar-refractivity contribution in [2.45, 2.75) is 39.7 Å². The summed E-state index contributed by atoms with van der Waals surface area (Å²) in [7, 11) is 1.99. The molecule has 0 radical (unpaired) electrons. The van der Waals surface area contributed by atoms with E-state index in [4.69, 9.17) is 16.6 Å². The number of nitrogens with zero attached hydrogens (tertiary/aromatic N) is 4. The molecule has 2 heterocycles. The molecule has 8 heteroatoms. The Labute approximate surface area is 196 Å². The molecule has 2 aromatic rings. The highest BCUT2D eigenvalue weighted by molar-refractivity contribution is 14.0. The van der Waals surface area contributed by atoms with Crippen LogP contribution < -0.4 is 15.5 Å². The minimum atomic E-state index is 0. The van der Waals surface area contributed by atoms with E-state index in [9.17, 15) is 0 Å². The van der Waals surface area contributed by atoms with Crippen LogP contribution in [0.3, 0.4) is 0 Å². The molecule has 1 fully saturated rings. The summed E-state index contributed by atoms with van der Waals surface area (Å²) in [6, 6.07) is 8.44. The Morgan fingerprint density at radius 3 is 2.79 bits per heavy atom. The molecule has 1 unspecified atom stereocenters. The number of aromatic nitrogens is 2. The van der Waals surface area contributed by atoms with Crippen LogP contribution in [-0.2, 0) is 13.5 Å². The van der Waals surface area contributed by atoms with Crippen LogP contribution in [0.4, 0.5) is 5.69 Å². The van der Waals surface area contributed by atoms with Gasteiger partial charge in [-0.05, 0) is 57.4 Å². The molecule has 1 aromatic carbocycles. The van der Waals surface area contributed by atoms with E-state index in [1.165, 1.54) is 16.9 Å². The molecule has 0 bridgehead atoms. The number of hydrogen-bond acceptors (Lipinski definition) is 3. The molecule has 6 nitrogen and oxygen atoms in total. The SMILES string of the molecule is CCNC(=NCCc1c(C)nn(C)c1C)NC1CCN(c2cccc(Cl)c2)C1.I. The molecule has 2 N–H and O–H groups in total. The lowest BCUT2D eigenvalue weighted by molar-refractivity contribution is 0.649. The number of aliphatic imine (C=N–C) groups is 1. The van der Waals surface area contributed by atoms with Gasteiger partial charge in [-0.2, -0.15) is 5.10 Å². The zero-order valence-electron chi connectivity index (χ0n) is 17.7. The van der Waals surface area contributed by atoms with Crippen LogP contribution in [0.25, 0.3) is 0 Å². The molecule has 0 aliphatic carbocycles. The maximum Gasteiger partial charge on any atom is 0.191 e. The van der Waals surface area contributed by atoms with Crippen molar-refractivity contribution >= 4 is 47.2 Å². The van der Waals surface area contributed by atoms with Crippen LogP contribution >= 0.6 is 35.6 Å². The summed E-state index contributed by atoms with van der Waals surface area (Å²) in [5.41, 5.74) is 4.80. The number of rotatable bonds is 6. The van der Waals surface area contributed by atoms with Gasteiger partial charge < -0.3 is 15.5 Å². The van der Waals surface area contributed by atoms with Gasteiger partial charge in [-0.15, -0.1) is 24.0 Å². The average Bonchev–Trinajstić information content (AvgIpc) is 3.21. The smallest absolute Gasteiger partial charge is 0.191 e. The molecule has 0 spiro atoms. The number of halogens is 2. The molecule has 29 heavy (non-hydrogen) atoms. The summed E-state index contributed by atoms with van der Waals surface area (Å²) < 4.78 is 1.95. The first kappa shape index (κ1) is 23.8. The van der Waals surface area contributed by atoms with Gasteiger partial charge in [0.05, 0.1) is 5.69 Å². The van der Waals surface area contributed by atoms with Crippen LogP contribution in [0.5, 0.6) is 0 Å². The van der Waals surface area contributed by atoms with Crippen LogP contribution in [0, 0.1) is 13.8 Å². The number of anilines is 1. The summed E-state index contributed by atoms with van der Waals surface area (Å²) in [4.78, 5) is 7.16. The second-order valence-electron chi connectivity index (χ2n) is 7.34. The third-order valence-electron chi connectivity index (χ3n) is 5.34. The number of benzene rings is 1. The molecule has 1 aliphatic rings. The summed E-state index contributed by atoms with van der Waals surface area (Å²) in [5, 5.41) is 12.2. The number of hydrogen-bond donors (Lipinski definition) is 2. The molecule has 0 amide bonds. The van der Waals surface area contributed by atoms with Crippen molar-refractivity contribution in [3.05, 3.63) is 46.2 Å². The van der Waals surface area contributed by atoms with Gasteiger partial charge >= 0.3 is 0 Å². The fraction of sp³-hybridized carbons (Fsp3) is 0.524. The molecule has 160 valence electrons. The van der Waals surface area contributed by atoms with Crippen molar-refractivity contribution in [3.8, 4) is 0 Å². The van der Waals surface area contributed by atoms with Crippen molar-refractivity contribution in [1.29, 1.82) is 0 Å². The predicted octanol–water partition coefficient (Wildman–Crippen LogP) is 3.68. The van der Waals surface area contributed by atoms with E-state index in [2.05, 4.69) is 47.5 Å². The molecular weight excluding hydrogens is 499 g/mol. The lowest BCUT2D eigenvalue weighted by atomic mass is 10.1. The van der Waals surface area contributed by atoms with Crippen molar-refractivity contribution in [1.82, 2.24) is 20.4 Å². The van der Waals surface area contributed by atoms with Crippen molar-refractivity contribution in [2.24, 2.45) is 12.0 Å². The van der Waals surface area contributed by atoms with Crippen LogP contribution in [-0.4, -0.2) is 48.0 Å². The molecule has 0 saturated carbocycles. The van der Waals surface area contributed by atoms with E-state index in [0.717, 1.165) is 55.7 Å². The molecule has 3 rings (SSSR count). The van der Waals surface area contributed by atoms with Gasteiger partial charge in [0.25, 0.3) is 0 Å². The lowest BCUT2D eigenvalue weighted by Gasteiger charge is -2.20. The van der Waals surface area contributed by atoms with Gasteiger partial charge in [0.2, 0.25) is 0 Å². The minimum Gasteiger partial charge on any atom is -0.369 e. The maximum atomic E-state index is 6.14. The van der Waals surface area contributed by atoms with E-state index >= 15 is 0 Å². The Bertz CT molecular complexity index is 835. The standard InChI is InChI=1S/C21H31ClN6.HI/c1-5-23-21(24-11-9-20-15(2)26-27(4)16(20)3)25-18-10-12-28(14-18)19-8-6-7-17(22)13-19;/h6-8,13,18H,5,9-12,14H2,1-4H3,(H2,23,24,25);1H. The van der Waals surface area contributed by atoms with E-state index in [-0.39, 0.29) is 24.0 Å². The first-order chi connectivity index (χ1) is 13.5. The van der Waals surface area contributed by atoms with Gasteiger partial charge in [-0.3, -0.25) is 9.67 Å². The van der Waals surface area contributed by atoms with Crippen LogP contribution in [0.1, 0.15) is 30.3 Å². The van der Waals surface area contributed by atoms with Crippen molar-refractivity contribution in [2.75, 3.05) is 31.1 Å². The third kappa shape index (κ3) is 6.25. The molecule has 1 saturated heterocycles. The number of nitrogens with one attached hydrogen (secondary N) is 2. The van der Waals surface area contributed by atoms with Gasteiger partial charge in [0.1, 0.15) is 0 Å². The Kier molecular flexibility index (Phi) is 9.07. The maximum absolute atomic E-state index is 6.14. The quantitative estimate of drug-likeness (QED) is 0.340. The van der Waals surface area contributed by atoms with Gasteiger partial charge in [-0.25, -0.2) is 0 Å². The molecule has 1 aromatic heterocycles. The van der Waals surface area contributed by atoms with E-state index < -0.39 is 0 Å². The molecule has 1 aliphatic heterocycles. The minimum absolute atomic E-state index is 0. The van der Waals surface area contributed by atoms with Gasteiger partial charge in [0.15, 0.2) is 5.96 Å². The molecule has 1 atom stereocenters. The second kappa shape index (κ2) is 11.1. The highest BCUT2D eigenvalue weighted by Crippen LogP contribution is 2.23. The summed E-state index contributed by atoms with van der Waals surface area (Å²) in [6.45, 7) is 9.84. The fourth-order valence-electron chi connectivity index (χ4n) is 3.76. The first-order valence-corrected chi connectivity index (χ1v) is 10.4. The zero-order chi connectivity index (χ0) is 20.1. The third-order valence-corrected chi connectivity index (χ3v) is 5.57. The van der Waals surface area contributed by atoms with E-state index in [0.29, 0.717) is 6.04 Å². The Balaban J connectivity index is 0.00000300. The van der Waals surface area contributed by atoms with Crippen LogP contribution in [0.15, 0.2) is 29.3 Å². The Morgan fingerprint density at radius 2 is 2.14 bits per heavy atom. The topological polar surface area (TPSA) is 57.5 Å².